The van der Waals surface area contributed by atoms with Gasteiger partial charge in [0.05, 0.1) is 18.2 Å². The van der Waals surface area contributed by atoms with Crippen molar-refractivity contribution >= 4 is 11.6 Å². The van der Waals surface area contributed by atoms with Crippen LogP contribution < -0.4 is 10.2 Å². The van der Waals surface area contributed by atoms with Gasteiger partial charge in [0, 0.05) is 18.8 Å². The van der Waals surface area contributed by atoms with Crippen LogP contribution in [0.2, 0.25) is 0 Å². The zero-order valence-electron chi connectivity index (χ0n) is 10.7. The van der Waals surface area contributed by atoms with Crippen LogP contribution in [0.5, 0.6) is 0 Å². The lowest BCUT2D eigenvalue weighted by Gasteiger charge is -2.20. The maximum atomic E-state index is 13.2. The molecule has 0 heterocycles. The van der Waals surface area contributed by atoms with Crippen LogP contribution in [0.25, 0.3) is 0 Å². The number of nitriles is 1. The molecular weight excluding hydrogens is 233 g/mol. The first-order chi connectivity index (χ1) is 8.42. The van der Waals surface area contributed by atoms with E-state index < -0.39 is 5.82 Å². The fraction of sp³-hybridized carbons (Fsp3) is 0.385. The van der Waals surface area contributed by atoms with Crippen LogP contribution in [-0.2, 0) is 4.79 Å². The van der Waals surface area contributed by atoms with Gasteiger partial charge in [-0.25, -0.2) is 4.39 Å². The highest BCUT2D eigenvalue weighted by Gasteiger charge is 2.10. The maximum absolute atomic E-state index is 13.2. The van der Waals surface area contributed by atoms with Crippen LogP contribution in [-0.4, -0.2) is 25.5 Å². The Bertz CT molecular complexity index is 480. The summed E-state index contributed by atoms with van der Waals surface area (Å²) in [6, 6.07) is 5.95. The second kappa shape index (κ2) is 6.01. The van der Waals surface area contributed by atoms with Crippen molar-refractivity contribution in [3.8, 4) is 6.07 Å². The summed E-state index contributed by atoms with van der Waals surface area (Å²) in [5.41, 5.74) is 0.742. The van der Waals surface area contributed by atoms with Gasteiger partial charge in [-0.05, 0) is 32.0 Å². The minimum absolute atomic E-state index is 0.0630. The Labute approximate surface area is 106 Å². The minimum atomic E-state index is -0.486. The Morgan fingerprint density at radius 1 is 1.50 bits per heavy atom. The molecule has 0 spiro atoms. The van der Waals surface area contributed by atoms with Crippen molar-refractivity contribution in [1.29, 1.82) is 5.26 Å². The van der Waals surface area contributed by atoms with E-state index in [0.29, 0.717) is 5.69 Å². The number of carbonyl (C=O) groups is 1. The molecule has 5 heteroatoms. The van der Waals surface area contributed by atoms with E-state index >= 15 is 0 Å². The summed E-state index contributed by atoms with van der Waals surface area (Å²) in [5, 5.41) is 11.5. The number of nitrogens with one attached hydrogen (secondary N) is 1. The molecule has 0 aliphatic heterocycles. The van der Waals surface area contributed by atoms with Crippen molar-refractivity contribution in [3.63, 3.8) is 0 Å². The van der Waals surface area contributed by atoms with Gasteiger partial charge in [-0.2, -0.15) is 5.26 Å². The van der Waals surface area contributed by atoms with Crippen molar-refractivity contribution in [2.45, 2.75) is 19.9 Å². The van der Waals surface area contributed by atoms with E-state index in [-0.39, 0.29) is 24.1 Å². The maximum Gasteiger partial charge on any atom is 0.239 e. The van der Waals surface area contributed by atoms with Gasteiger partial charge < -0.3 is 10.2 Å². The van der Waals surface area contributed by atoms with Crippen LogP contribution >= 0.6 is 0 Å². The summed E-state index contributed by atoms with van der Waals surface area (Å²) in [6.07, 6.45) is 0. The van der Waals surface area contributed by atoms with Gasteiger partial charge in [0.1, 0.15) is 5.82 Å². The number of anilines is 1. The third-order valence-electron chi connectivity index (χ3n) is 2.28. The highest BCUT2D eigenvalue weighted by Crippen LogP contribution is 2.16. The van der Waals surface area contributed by atoms with E-state index in [0.717, 1.165) is 6.07 Å². The molecule has 0 aromatic heterocycles. The normalized spacial score (nSPS) is 10.0. The number of hydrogen-bond acceptors (Lipinski definition) is 3. The molecule has 1 aromatic carbocycles. The number of amides is 1. The van der Waals surface area contributed by atoms with E-state index in [1.165, 1.54) is 6.07 Å². The molecule has 1 rings (SSSR count). The Hall–Kier alpha value is -2.09. The molecule has 0 atom stereocenters. The second-order valence-corrected chi connectivity index (χ2v) is 4.39. The van der Waals surface area contributed by atoms with Gasteiger partial charge in [-0.15, -0.1) is 0 Å². The van der Waals surface area contributed by atoms with Crippen LogP contribution in [0, 0.1) is 17.1 Å². The Morgan fingerprint density at radius 3 is 2.72 bits per heavy atom. The minimum Gasteiger partial charge on any atom is -0.365 e. The summed E-state index contributed by atoms with van der Waals surface area (Å²) in [4.78, 5) is 13.2. The first-order valence-electron chi connectivity index (χ1n) is 5.63. The quantitative estimate of drug-likeness (QED) is 0.882. The van der Waals surface area contributed by atoms with Crippen LogP contribution in [0.15, 0.2) is 18.2 Å². The summed E-state index contributed by atoms with van der Waals surface area (Å²) >= 11 is 0. The van der Waals surface area contributed by atoms with Crippen molar-refractivity contribution in [2.24, 2.45) is 0 Å². The topological polar surface area (TPSA) is 56.1 Å². The first-order valence-corrected chi connectivity index (χ1v) is 5.63. The zero-order chi connectivity index (χ0) is 13.7. The predicted octanol–water partition coefficient (Wildman–Crippen LogP) is 1.66. The van der Waals surface area contributed by atoms with Gasteiger partial charge in [0.15, 0.2) is 0 Å². The molecule has 0 bridgehead atoms. The fourth-order valence-corrected chi connectivity index (χ4v) is 1.53. The van der Waals surface area contributed by atoms with Crippen LogP contribution in [0.1, 0.15) is 19.4 Å². The monoisotopic (exact) mass is 249 g/mol. The Morgan fingerprint density at radius 2 is 2.17 bits per heavy atom. The predicted molar refractivity (Wildman–Crippen MR) is 67.7 cm³/mol. The first kappa shape index (κ1) is 14.0. The third kappa shape index (κ3) is 4.06. The van der Waals surface area contributed by atoms with Crippen molar-refractivity contribution in [1.82, 2.24) is 5.32 Å². The number of halogens is 1. The number of likely N-dealkylation sites (N-methyl/N-ethyl adjacent to an activating group) is 1. The highest BCUT2D eigenvalue weighted by molar-refractivity contribution is 5.81. The highest BCUT2D eigenvalue weighted by atomic mass is 19.1. The second-order valence-electron chi connectivity index (χ2n) is 4.39. The summed E-state index contributed by atoms with van der Waals surface area (Å²) in [6.45, 7) is 3.86. The Balaban J connectivity index is 2.78. The van der Waals surface area contributed by atoms with Crippen molar-refractivity contribution in [3.05, 3.63) is 29.6 Å². The fourth-order valence-electron chi connectivity index (χ4n) is 1.53. The third-order valence-corrected chi connectivity index (χ3v) is 2.28. The average Bonchev–Trinajstić information content (AvgIpc) is 2.26. The van der Waals surface area contributed by atoms with E-state index in [1.807, 2.05) is 19.9 Å². The Kier molecular flexibility index (Phi) is 4.67. The lowest BCUT2D eigenvalue weighted by Crippen LogP contribution is -2.38. The number of carbonyl (C=O) groups excluding carboxylic acids is 1. The van der Waals surface area contributed by atoms with Gasteiger partial charge in [0.25, 0.3) is 0 Å². The van der Waals surface area contributed by atoms with Crippen LogP contribution in [0.3, 0.4) is 0 Å². The molecule has 1 N–H and O–H groups in total. The van der Waals surface area contributed by atoms with Crippen molar-refractivity contribution < 1.29 is 9.18 Å². The summed E-state index contributed by atoms with van der Waals surface area (Å²) < 4.78 is 13.2. The van der Waals surface area contributed by atoms with Gasteiger partial charge in [-0.3, -0.25) is 4.79 Å². The van der Waals surface area contributed by atoms with Gasteiger partial charge >= 0.3 is 0 Å². The molecule has 1 aromatic rings. The van der Waals surface area contributed by atoms with Gasteiger partial charge in [0.2, 0.25) is 5.91 Å². The SMILES string of the molecule is CC(C)NC(=O)CN(C)c1cc(F)cc(C#N)c1. The molecule has 0 saturated heterocycles. The number of rotatable bonds is 4. The molecule has 0 saturated carbocycles. The standard InChI is InChI=1S/C13H16FN3O/c1-9(2)16-13(18)8-17(3)12-5-10(7-15)4-11(14)6-12/h4-6,9H,8H2,1-3H3,(H,16,18). The molecule has 1 amide bonds. The summed E-state index contributed by atoms with van der Waals surface area (Å²) in [5.74, 6) is -0.629. The van der Waals surface area contributed by atoms with Crippen molar-refractivity contribution in [2.75, 3.05) is 18.5 Å². The molecule has 0 aliphatic rings. The zero-order valence-corrected chi connectivity index (χ0v) is 10.7. The molecule has 0 aliphatic carbocycles. The number of hydrogen-bond donors (Lipinski definition) is 1. The summed E-state index contributed by atoms with van der Waals surface area (Å²) in [7, 11) is 1.68. The average molecular weight is 249 g/mol. The smallest absolute Gasteiger partial charge is 0.239 e. The van der Waals surface area contributed by atoms with Gasteiger partial charge in [-0.1, -0.05) is 0 Å². The lowest BCUT2D eigenvalue weighted by atomic mass is 10.2. The number of nitrogens with zero attached hydrogens (tertiary/aromatic N) is 2. The molecule has 0 fully saturated rings. The molecule has 0 radical (unpaired) electrons. The van der Waals surface area contributed by atoms with Crippen LogP contribution in [0.4, 0.5) is 10.1 Å². The molecule has 0 unspecified atom stereocenters. The van der Waals surface area contributed by atoms with E-state index in [9.17, 15) is 9.18 Å². The number of benzene rings is 1. The lowest BCUT2D eigenvalue weighted by molar-refractivity contribution is -0.120. The molecule has 18 heavy (non-hydrogen) atoms. The van der Waals surface area contributed by atoms with E-state index in [1.54, 1.807) is 18.0 Å². The molecule has 96 valence electrons. The van der Waals surface area contributed by atoms with E-state index in [2.05, 4.69) is 5.32 Å². The largest absolute Gasteiger partial charge is 0.365 e. The van der Waals surface area contributed by atoms with E-state index in [4.69, 9.17) is 5.26 Å². The molecular formula is C13H16FN3O. The molecule has 4 nitrogen and oxygen atoms in total.